The van der Waals surface area contributed by atoms with Gasteiger partial charge in [-0.2, -0.15) is 13.2 Å². The van der Waals surface area contributed by atoms with E-state index in [0.717, 1.165) is 5.69 Å². The van der Waals surface area contributed by atoms with Crippen molar-refractivity contribution in [2.24, 2.45) is 9.98 Å². The smallest absolute Gasteiger partial charge is 0.295 e. The maximum atomic E-state index is 12.4. The molecule has 0 radical (unpaired) electrons. The van der Waals surface area contributed by atoms with Crippen molar-refractivity contribution in [2.75, 3.05) is 6.54 Å². The van der Waals surface area contributed by atoms with Gasteiger partial charge >= 0.3 is 6.18 Å². The number of rotatable bonds is 4. The Morgan fingerprint density at radius 2 is 2.12 bits per heavy atom. The molecule has 0 aromatic carbocycles. The third-order valence-electron chi connectivity index (χ3n) is 2.01. The largest absolute Gasteiger partial charge is 0.430 e. The van der Waals surface area contributed by atoms with Crippen LogP contribution in [-0.2, 0) is 6.54 Å². The van der Waals surface area contributed by atoms with Crippen LogP contribution in [0.3, 0.4) is 0 Å². The Balaban J connectivity index is 2.79. The first kappa shape index (κ1) is 13.3. The first-order chi connectivity index (χ1) is 7.93. The van der Waals surface area contributed by atoms with Crippen molar-refractivity contribution in [2.45, 2.75) is 19.6 Å². The van der Waals surface area contributed by atoms with E-state index in [0.29, 0.717) is 5.56 Å². The van der Waals surface area contributed by atoms with Crippen molar-refractivity contribution in [1.29, 1.82) is 0 Å². The van der Waals surface area contributed by atoms with E-state index in [4.69, 9.17) is 0 Å². The molecule has 0 fully saturated rings. The average molecular weight is 243 g/mol. The quantitative estimate of drug-likeness (QED) is 0.749. The zero-order valence-corrected chi connectivity index (χ0v) is 9.33. The van der Waals surface area contributed by atoms with Crippen LogP contribution in [0, 0.1) is 6.92 Å². The van der Waals surface area contributed by atoms with E-state index >= 15 is 0 Å². The predicted molar refractivity (Wildman–Crippen MR) is 60.6 cm³/mol. The summed E-state index contributed by atoms with van der Waals surface area (Å²) in [6.45, 7) is 4.26. The fourth-order valence-corrected chi connectivity index (χ4v) is 1.11. The molecule has 0 aliphatic heterocycles. The minimum Gasteiger partial charge on any atom is -0.295 e. The highest BCUT2D eigenvalue weighted by atomic mass is 19.4. The van der Waals surface area contributed by atoms with Gasteiger partial charge in [-0.1, -0.05) is 6.07 Å². The topological polar surface area (TPSA) is 37.6 Å². The molecular formula is C11H12F3N3. The van der Waals surface area contributed by atoms with Crippen molar-refractivity contribution >= 4 is 12.4 Å². The summed E-state index contributed by atoms with van der Waals surface area (Å²) in [5.74, 6) is 0. The molecule has 0 saturated heterocycles. The van der Waals surface area contributed by atoms with E-state index in [1.807, 2.05) is 0 Å². The highest BCUT2D eigenvalue weighted by Crippen LogP contribution is 2.18. The number of nitrogens with zero attached hydrogens (tertiary/aromatic N) is 3. The molecule has 6 heteroatoms. The van der Waals surface area contributed by atoms with Gasteiger partial charge in [0, 0.05) is 11.9 Å². The van der Waals surface area contributed by atoms with Gasteiger partial charge in [-0.15, -0.1) is 0 Å². The molecule has 0 atom stereocenters. The van der Waals surface area contributed by atoms with Crippen molar-refractivity contribution in [3.63, 3.8) is 0 Å². The lowest BCUT2D eigenvalue weighted by Crippen LogP contribution is -2.25. The monoisotopic (exact) mass is 243 g/mol. The molecular weight excluding hydrogens is 231 g/mol. The van der Waals surface area contributed by atoms with E-state index in [-0.39, 0.29) is 6.54 Å². The van der Waals surface area contributed by atoms with Gasteiger partial charge in [0.2, 0.25) is 0 Å². The van der Waals surface area contributed by atoms with Crippen molar-refractivity contribution in [3.8, 4) is 0 Å². The summed E-state index contributed by atoms with van der Waals surface area (Å²) in [6, 6.07) is 3.42. The Hall–Kier alpha value is -1.72. The highest BCUT2D eigenvalue weighted by Gasteiger charge is 2.34. The molecule has 0 unspecified atom stereocenters. The standard InChI is InChI=1S/C11H12F3N3/c1-8-3-4-9(5-16-8)6-17-10(7-15-2)11(12,13)14/h3-5H,2,6-7H2,1H3/b17-10+. The lowest BCUT2D eigenvalue weighted by atomic mass is 10.2. The summed E-state index contributed by atoms with van der Waals surface area (Å²) in [4.78, 5) is 10.7. The third-order valence-corrected chi connectivity index (χ3v) is 2.01. The van der Waals surface area contributed by atoms with Crippen LogP contribution in [0.5, 0.6) is 0 Å². The van der Waals surface area contributed by atoms with Crippen LogP contribution in [0.1, 0.15) is 11.3 Å². The van der Waals surface area contributed by atoms with Crippen LogP contribution < -0.4 is 0 Å². The number of aromatic nitrogens is 1. The highest BCUT2D eigenvalue weighted by molar-refractivity contribution is 5.91. The minimum absolute atomic E-state index is 0.0579. The zero-order chi connectivity index (χ0) is 12.9. The van der Waals surface area contributed by atoms with Gasteiger partial charge in [0.1, 0.15) is 5.71 Å². The van der Waals surface area contributed by atoms with Crippen LogP contribution in [0.2, 0.25) is 0 Å². The third kappa shape index (κ3) is 4.34. The molecule has 1 rings (SSSR count). The Kier molecular flexibility index (Phi) is 4.37. The van der Waals surface area contributed by atoms with Crippen molar-refractivity contribution < 1.29 is 13.2 Å². The van der Waals surface area contributed by atoms with Crippen molar-refractivity contribution in [1.82, 2.24) is 4.98 Å². The number of halogens is 3. The molecule has 92 valence electrons. The Bertz CT molecular complexity index is 407. The van der Waals surface area contributed by atoms with Gasteiger partial charge in [0.25, 0.3) is 0 Å². The second kappa shape index (κ2) is 5.56. The summed E-state index contributed by atoms with van der Waals surface area (Å²) in [5, 5.41) is 0. The maximum Gasteiger partial charge on any atom is 0.430 e. The van der Waals surface area contributed by atoms with Gasteiger partial charge in [-0.05, 0) is 25.3 Å². The Morgan fingerprint density at radius 3 is 2.59 bits per heavy atom. The summed E-state index contributed by atoms with van der Waals surface area (Å²) < 4.78 is 37.3. The lowest BCUT2D eigenvalue weighted by molar-refractivity contribution is -0.0598. The van der Waals surface area contributed by atoms with E-state index in [9.17, 15) is 13.2 Å². The van der Waals surface area contributed by atoms with E-state index in [1.54, 1.807) is 19.1 Å². The van der Waals surface area contributed by atoms with Gasteiger partial charge in [0.15, 0.2) is 0 Å². The molecule has 1 aromatic rings. The number of aryl methyl sites for hydroxylation is 1. The summed E-state index contributed by atoms with van der Waals surface area (Å²) in [6.07, 6.45) is -2.95. The van der Waals surface area contributed by atoms with E-state index in [1.165, 1.54) is 6.20 Å². The number of alkyl halides is 3. The Labute approximate surface area is 97.1 Å². The van der Waals surface area contributed by atoms with Crippen LogP contribution >= 0.6 is 0 Å². The summed E-state index contributed by atoms with van der Waals surface area (Å²) in [5.41, 5.74) is 0.510. The van der Waals surface area contributed by atoms with Gasteiger partial charge in [0.05, 0.1) is 13.1 Å². The van der Waals surface area contributed by atoms with Gasteiger partial charge in [-0.25, -0.2) is 0 Å². The normalized spacial score (nSPS) is 12.6. The van der Waals surface area contributed by atoms with Crippen LogP contribution in [0.4, 0.5) is 13.2 Å². The molecule has 3 nitrogen and oxygen atoms in total. The fraction of sp³-hybridized carbons (Fsp3) is 0.364. The van der Waals surface area contributed by atoms with E-state index < -0.39 is 18.4 Å². The molecule has 1 heterocycles. The zero-order valence-electron chi connectivity index (χ0n) is 9.33. The second-order valence-corrected chi connectivity index (χ2v) is 3.45. The van der Waals surface area contributed by atoms with Crippen LogP contribution in [0.15, 0.2) is 28.3 Å². The van der Waals surface area contributed by atoms with Crippen molar-refractivity contribution in [3.05, 3.63) is 29.6 Å². The molecule has 0 aliphatic rings. The molecule has 0 N–H and O–H groups in total. The van der Waals surface area contributed by atoms with Gasteiger partial charge < -0.3 is 0 Å². The maximum absolute atomic E-state index is 12.4. The fourth-order valence-electron chi connectivity index (χ4n) is 1.11. The summed E-state index contributed by atoms with van der Waals surface area (Å²) in [7, 11) is 0. The molecule has 0 bridgehead atoms. The van der Waals surface area contributed by atoms with E-state index in [2.05, 4.69) is 21.7 Å². The number of hydrogen-bond acceptors (Lipinski definition) is 3. The number of aliphatic imine (C=N–C) groups is 2. The molecule has 0 aliphatic carbocycles. The first-order valence-corrected chi connectivity index (χ1v) is 4.88. The minimum atomic E-state index is -4.46. The van der Waals surface area contributed by atoms with Crippen LogP contribution in [0.25, 0.3) is 0 Å². The SMILES string of the molecule is C=NC/C(=N\Cc1ccc(C)nc1)C(F)(F)F. The number of pyridine rings is 1. The number of hydrogen-bond donors (Lipinski definition) is 0. The van der Waals surface area contributed by atoms with Crippen LogP contribution in [-0.4, -0.2) is 30.1 Å². The Morgan fingerprint density at radius 1 is 1.41 bits per heavy atom. The molecule has 17 heavy (non-hydrogen) atoms. The molecule has 1 aromatic heterocycles. The first-order valence-electron chi connectivity index (χ1n) is 4.88. The molecule has 0 spiro atoms. The second-order valence-electron chi connectivity index (χ2n) is 3.45. The predicted octanol–water partition coefficient (Wildman–Crippen LogP) is 2.59. The van der Waals surface area contributed by atoms with Gasteiger partial charge in [-0.3, -0.25) is 15.0 Å². The molecule has 0 saturated carbocycles. The average Bonchev–Trinajstić information content (AvgIpc) is 2.25. The summed E-state index contributed by atoms with van der Waals surface area (Å²) >= 11 is 0. The lowest BCUT2D eigenvalue weighted by Gasteiger charge is -2.08. The molecule has 0 amide bonds.